The van der Waals surface area contributed by atoms with Crippen LogP contribution in [-0.4, -0.2) is 12.1 Å². The predicted molar refractivity (Wildman–Crippen MR) is 63.8 cm³/mol. The molecule has 0 bridgehead atoms. The van der Waals surface area contributed by atoms with Crippen molar-refractivity contribution < 1.29 is 4.74 Å². The molecule has 0 unspecified atom stereocenters. The van der Waals surface area contributed by atoms with Gasteiger partial charge in [-0.15, -0.1) is 0 Å². The van der Waals surface area contributed by atoms with Crippen molar-refractivity contribution in [2.75, 3.05) is 7.11 Å². The molecular weight excluding hydrogens is 233 g/mol. The maximum absolute atomic E-state index is 6.09. The minimum absolute atomic E-state index is 0.558. The molecule has 0 aliphatic rings. The SMILES string of the molecule is COCc1c(C)[nH]c2c(Cl)cc(Cl)cc12. The molecular formula is C11H11Cl2NO. The third kappa shape index (κ3) is 1.85. The fraction of sp³-hybridized carbons (Fsp3) is 0.273. The number of halogens is 2. The molecule has 2 aromatic rings. The topological polar surface area (TPSA) is 25.0 Å². The van der Waals surface area contributed by atoms with Gasteiger partial charge in [0.2, 0.25) is 0 Å². The van der Waals surface area contributed by atoms with Crippen molar-refractivity contribution in [2.24, 2.45) is 0 Å². The van der Waals surface area contributed by atoms with E-state index in [1.165, 1.54) is 0 Å². The summed E-state index contributed by atoms with van der Waals surface area (Å²) in [6, 6.07) is 3.64. The first kappa shape index (κ1) is 10.8. The lowest BCUT2D eigenvalue weighted by Crippen LogP contribution is -1.88. The lowest BCUT2D eigenvalue weighted by atomic mass is 10.1. The molecule has 15 heavy (non-hydrogen) atoms. The highest BCUT2D eigenvalue weighted by molar-refractivity contribution is 6.38. The van der Waals surface area contributed by atoms with Crippen LogP contribution in [0.5, 0.6) is 0 Å². The van der Waals surface area contributed by atoms with E-state index in [1.54, 1.807) is 13.2 Å². The van der Waals surface area contributed by atoms with Gasteiger partial charge < -0.3 is 9.72 Å². The van der Waals surface area contributed by atoms with Crippen LogP contribution in [0, 0.1) is 6.92 Å². The molecule has 1 heterocycles. The van der Waals surface area contributed by atoms with Crippen LogP contribution in [0.4, 0.5) is 0 Å². The number of benzene rings is 1. The number of fused-ring (bicyclic) bond motifs is 1. The largest absolute Gasteiger partial charge is 0.380 e. The van der Waals surface area contributed by atoms with Gasteiger partial charge >= 0.3 is 0 Å². The zero-order chi connectivity index (χ0) is 11.0. The standard InChI is InChI=1S/C11H11Cl2NO/c1-6-9(5-15-2)8-3-7(12)4-10(13)11(8)14-6/h3-4,14H,5H2,1-2H3. The summed E-state index contributed by atoms with van der Waals surface area (Å²) in [6.45, 7) is 2.56. The normalized spacial score (nSPS) is 11.2. The highest BCUT2D eigenvalue weighted by Crippen LogP contribution is 2.31. The number of methoxy groups -OCH3 is 1. The average molecular weight is 244 g/mol. The Bertz CT molecular complexity index is 505. The molecule has 0 saturated heterocycles. The van der Waals surface area contributed by atoms with Crippen LogP contribution in [-0.2, 0) is 11.3 Å². The fourth-order valence-electron chi connectivity index (χ4n) is 1.73. The van der Waals surface area contributed by atoms with Crippen LogP contribution in [0.2, 0.25) is 10.0 Å². The number of ether oxygens (including phenoxy) is 1. The van der Waals surface area contributed by atoms with E-state index in [1.807, 2.05) is 13.0 Å². The monoisotopic (exact) mass is 243 g/mol. The fourth-order valence-corrected chi connectivity index (χ4v) is 2.27. The molecule has 1 N–H and O–H groups in total. The zero-order valence-electron chi connectivity index (χ0n) is 8.53. The van der Waals surface area contributed by atoms with E-state index in [0.717, 1.165) is 22.2 Å². The molecule has 4 heteroatoms. The number of rotatable bonds is 2. The molecule has 2 rings (SSSR count). The summed E-state index contributed by atoms with van der Waals surface area (Å²) < 4.78 is 5.15. The third-order valence-corrected chi connectivity index (χ3v) is 2.95. The highest BCUT2D eigenvalue weighted by atomic mass is 35.5. The summed E-state index contributed by atoms with van der Waals surface area (Å²) >= 11 is 12.1. The van der Waals surface area contributed by atoms with Crippen molar-refractivity contribution in [1.29, 1.82) is 0 Å². The number of aryl methyl sites for hydroxylation is 1. The van der Waals surface area contributed by atoms with Gasteiger partial charge in [-0.05, 0) is 19.1 Å². The van der Waals surface area contributed by atoms with Crippen molar-refractivity contribution in [1.82, 2.24) is 4.98 Å². The maximum Gasteiger partial charge on any atom is 0.0736 e. The van der Waals surface area contributed by atoms with Crippen LogP contribution >= 0.6 is 23.2 Å². The number of aromatic amines is 1. The van der Waals surface area contributed by atoms with E-state index in [9.17, 15) is 0 Å². The minimum Gasteiger partial charge on any atom is -0.380 e. The summed E-state index contributed by atoms with van der Waals surface area (Å²) in [5.41, 5.74) is 3.10. The molecule has 1 aromatic heterocycles. The summed E-state index contributed by atoms with van der Waals surface area (Å²) in [5.74, 6) is 0. The summed E-state index contributed by atoms with van der Waals surface area (Å²) in [4.78, 5) is 3.24. The zero-order valence-corrected chi connectivity index (χ0v) is 10.0. The molecule has 0 spiro atoms. The Balaban J connectivity index is 2.74. The van der Waals surface area contributed by atoms with Gasteiger partial charge in [-0.1, -0.05) is 23.2 Å². The Kier molecular flexibility index (Phi) is 2.91. The van der Waals surface area contributed by atoms with Crippen molar-refractivity contribution in [2.45, 2.75) is 13.5 Å². The number of H-pyrrole nitrogens is 1. The molecule has 80 valence electrons. The van der Waals surface area contributed by atoms with Crippen LogP contribution in [0.15, 0.2) is 12.1 Å². The van der Waals surface area contributed by atoms with Crippen LogP contribution < -0.4 is 0 Å². The Hall–Kier alpha value is -0.700. The molecule has 1 aromatic carbocycles. The Morgan fingerprint density at radius 2 is 2.07 bits per heavy atom. The van der Waals surface area contributed by atoms with Crippen molar-refractivity contribution in [3.63, 3.8) is 0 Å². The van der Waals surface area contributed by atoms with E-state index < -0.39 is 0 Å². The Morgan fingerprint density at radius 1 is 1.33 bits per heavy atom. The molecule has 0 aliphatic heterocycles. The quantitative estimate of drug-likeness (QED) is 0.850. The van der Waals surface area contributed by atoms with Crippen molar-refractivity contribution >= 4 is 34.1 Å². The second-order valence-corrected chi connectivity index (χ2v) is 4.32. The Labute approximate surface area is 98.1 Å². The summed E-state index contributed by atoms with van der Waals surface area (Å²) in [5, 5.41) is 2.32. The third-order valence-electron chi connectivity index (χ3n) is 2.43. The van der Waals surface area contributed by atoms with E-state index >= 15 is 0 Å². The van der Waals surface area contributed by atoms with E-state index in [2.05, 4.69) is 4.98 Å². The van der Waals surface area contributed by atoms with Gasteiger partial charge in [0, 0.05) is 28.8 Å². The number of hydrogen-bond donors (Lipinski definition) is 1. The van der Waals surface area contributed by atoms with Gasteiger partial charge in [0.15, 0.2) is 0 Å². The summed E-state index contributed by atoms with van der Waals surface area (Å²) in [6.07, 6.45) is 0. The number of nitrogens with one attached hydrogen (secondary N) is 1. The van der Waals surface area contributed by atoms with Gasteiger partial charge in [0.25, 0.3) is 0 Å². The van der Waals surface area contributed by atoms with Gasteiger partial charge in [0.1, 0.15) is 0 Å². The highest BCUT2D eigenvalue weighted by Gasteiger charge is 2.11. The summed E-state index contributed by atoms with van der Waals surface area (Å²) in [7, 11) is 1.67. The second-order valence-electron chi connectivity index (χ2n) is 3.47. The molecule has 2 nitrogen and oxygen atoms in total. The van der Waals surface area contributed by atoms with Gasteiger partial charge in [-0.25, -0.2) is 0 Å². The first-order valence-electron chi connectivity index (χ1n) is 4.58. The molecule has 0 atom stereocenters. The lowest BCUT2D eigenvalue weighted by Gasteiger charge is -2.00. The molecule has 0 fully saturated rings. The lowest BCUT2D eigenvalue weighted by molar-refractivity contribution is 0.185. The average Bonchev–Trinajstić information content (AvgIpc) is 2.46. The first-order valence-corrected chi connectivity index (χ1v) is 5.34. The Morgan fingerprint density at radius 3 is 2.73 bits per heavy atom. The van der Waals surface area contributed by atoms with E-state index in [-0.39, 0.29) is 0 Å². The molecule has 0 aliphatic carbocycles. The number of hydrogen-bond acceptors (Lipinski definition) is 1. The maximum atomic E-state index is 6.09. The van der Waals surface area contributed by atoms with E-state index in [4.69, 9.17) is 27.9 Å². The van der Waals surface area contributed by atoms with Crippen molar-refractivity contribution in [3.05, 3.63) is 33.4 Å². The van der Waals surface area contributed by atoms with Crippen LogP contribution in [0.3, 0.4) is 0 Å². The first-order chi connectivity index (χ1) is 7.13. The molecule has 0 amide bonds. The molecule has 0 saturated carbocycles. The van der Waals surface area contributed by atoms with Crippen molar-refractivity contribution in [3.8, 4) is 0 Å². The minimum atomic E-state index is 0.558. The smallest absolute Gasteiger partial charge is 0.0736 e. The molecule has 0 radical (unpaired) electrons. The second kappa shape index (κ2) is 4.05. The predicted octanol–water partition coefficient (Wildman–Crippen LogP) is 3.93. The van der Waals surface area contributed by atoms with Gasteiger partial charge in [-0.3, -0.25) is 0 Å². The van der Waals surface area contributed by atoms with Crippen LogP contribution in [0.25, 0.3) is 10.9 Å². The van der Waals surface area contributed by atoms with Crippen LogP contribution in [0.1, 0.15) is 11.3 Å². The number of aromatic nitrogens is 1. The van der Waals surface area contributed by atoms with Gasteiger partial charge in [0.05, 0.1) is 17.1 Å². The van der Waals surface area contributed by atoms with E-state index in [0.29, 0.717) is 16.7 Å². The van der Waals surface area contributed by atoms with Gasteiger partial charge in [-0.2, -0.15) is 0 Å².